The number of sulfonamides is 1. The van der Waals surface area contributed by atoms with Crippen LogP contribution in [0, 0.1) is 0 Å². The monoisotopic (exact) mass is 395 g/mol. The zero-order valence-electron chi connectivity index (χ0n) is 15.8. The van der Waals surface area contributed by atoms with Crippen molar-refractivity contribution in [3.05, 3.63) is 35.9 Å². The van der Waals surface area contributed by atoms with Gasteiger partial charge in [-0.15, -0.1) is 0 Å². The van der Waals surface area contributed by atoms with Crippen LogP contribution < -0.4 is 10.6 Å². The van der Waals surface area contributed by atoms with E-state index in [0.29, 0.717) is 32.4 Å². The summed E-state index contributed by atoms with van der Waals surface area (Å²) in [6, 6.07) is 8.78. The number of hydrogen-bond acceptors (Lipinski definition) is 4. The topological polar surface area (TPSA) is 95.6 Å². The zero-order chi connectivity index (χ0) is 19.7. The van der Waals surface area contributed by atoms with Gasteiger partial charge in [0.2, 0.25) is 21.8 Å². The van der Waals surface area contributed by atoms with Crippen LogP contribution in [-0.4, -0.2) is 56.0 Å². The number of carbonyl (C=O) groups is 2. The number of carbonyl (C=O) groups excluding carboxylic acids is 2. The molecule has 0 aliphatic carbocycles. The van der Waals surface area contributed by atoms with Crippen LogP contribution in [0.4, 0.5) is 0 Å². The van der Waals surface area contributed by atoms with Crippen LogP contribution in [0.5, 0.6) is 0 Å². The highest BCUT2D eigenvalue weighted by atomic mass is 32.2. The van der Waals surface area contributed by atoms with E-state index in [1.165, 1.54) is 4.31 Å². The minimum atomic E-state index is -3.40. The summed E-state index contributed by atoms with van der Waals surface area (Å²) in [5, 5.41) is 5.52. The van der Waals surface area contributed by atoms with Crippen LogP contribution in [-0.2, 0) is 26.0 Å². The van der Waals surface area contributed by atoms with E-state index in [1.54, 1.807) is 0 Å². The third kappa shape index (κ3) is 6.62. The molecule has 1 aliphatic heterocycles. The Balaban J connectivity index is 1.77. The molecule has 2 rings (SSSR count). The van der Waals surface area contributed by atoms with E-state index in [0.717, 1.165) is 18.4 Å². The lowest BCUT2D eigenvalue weighted by atomic mass is 10.0. The van der Waals surface area contributed by atoms with Gasteiger partial charge in [-0.25, -0.2) is 8.42 Å². The molecule has 8 heteroatoms. The summed E-state index contributed by atoms with van der Waals surface area (Å²) in [5.41, 5.74) is 0.929. The Morgan fingerprint density at radius 3 is 2.52 bits per heavy atom. The average molecular weight is 396 g/mol. The maximum Gasteiger partial charge on any atom is 0.238 e. The minimum Gasteiger partial charge on any atom is -0.354 e. The number of piperidine rings is 1. The fourth-order valence-corrected chi connectivity index (χ4v) is 4.97. The summed E-state index contributed by atoms with van der Waals surface area (Å²) in [7, 11) is -3.40. The summed E-state index contributed by atoms with van der Waals surface area (Å²) in [6.45, 7) is 2.80. The molecule has 1 saturated heterocycles. The standard InChI is InChI=1S/C19H29N3O4S/c1-2-14-27(25,26)22-13-7-6-10-17(22)19(24)21-12-11-20-18(23)15-16-8-4-3-5-9-16/h3-5,8-9,17H,2,6-7,10-15H2,1H3,(H,20,23)(H,21,24). The van der Waals surface area contributed by atoms with Crippen LogP contribution in [0.25, 0.3) is 0 Å². The van der Waals surface area contributed by atoms with Gasteiger partial charge in [0, 0.05) is 19.6 Å². The molecule has 1 aromatic rings. The smallest absolute Gasteiger partial charge is 0.238 e. The molecule has 0 saturated carbocycles. The minimum absolute atomic E-state index is 0.0618. The predicted octanol–water partition coefficient (Wildman–Crippen LogP) is 1.06. The Hall–Kier alpha value is -1.93. The summed E-state index contributed by atoms with van der Waals surface area (Å²) >= 11 is 0. The number of amides is 2. The fourth-order valence-electron chi connectivity index (χ4n) is 3.22. The molecule has 0 bridgehead atoms. The first-order valence-electron chi connectivity index (χ1n) is 9.52. The highest BCUT2D eigenvalue weighted by molar-refractivity contribution is 7.89. The summed E-state index contributed by atoms with van der Waals surface area (Å²) < 4.78 is 26.1. The van der Waals surface area contributed by atoms with Gasteiger partial charge in [0.1, 0.15) is 6.04 Å². The second-order valence-corrected chi connectivity index (χ2v) is 8.78. The number of nitrogens with zero attached hydrogens (tertiary/aromatic N) is 1. The maximum absolute atomic E-state index is 12.5. The van der Waals surface area contributed by atoms with Crippen molar-refractivity contribution in [1.29, 1.82) is 0 Å². The van der Waals surface area contributed by atoms with Gasteiger partial charge in [0.15, 0.2) is 0 Å². The molecular formula is C19H29N3O4S. The first kappa shape index (κ1) is 21.4. The first-order valence-corrected chi connectivity index (χ1v) is 11.1. The van der Waals surface area contributed by atoms with Gasteiger partial charge < -0.3 is 10.6 Å². The molecule has 0 spiro atoms. The maximum atomic E-state index is 12.5. The molecule has 7 nitrogen and oxygen atoms in total. The Morgan fingerprint density at radius 2 is 1.81 bits per heavy atom. The number of rotatable bonds is 9. The van der Waals surface area contributed by atoms with Gasteiger partial charge in [-0.05, 0) is 24.8 Å². The van der Waals surface area contributed by atoms with Crippen molar-refractivity contribution in [3.8, 4) is 0 Å². The molecule has 2 amide bonds. The van der Waals surface area contributed by atoms with E-state index in [2.05, 4.69) is 10.6 Å². The average Bonchev–Trinajstić information content (AvgIpc) is 2.66. The summed E-state index contributed by atoms with van der Waals surface area (Å²) in [5.74, 6) is -0.335. The van der Waals surface area contributed by atoms with E-state index in [9.17, 15) is 18.0 Å². The van der Waals surface area contributed by atoms with Crippen molar-refractivity contribution in [2.45, 2.75) is 45.1 Å². The lowest BCUT2D eigenvalue weighted by Gasteiger charge is -2.33. The number of benzene rings is 1. The van der Waals surface area contributed by atoms with Gasteiger partial charge in [0.05, 0.1) is 12.2 Å². The van der Waals surface area contributed by atoms with Crippen LogP contribution in [0.2, 0.25) is 0 Å². The molecule has 2 N–H and O–H groups in total. The molecule has 1 aliphatic rings. The van der Waals surface area contributed by atoms with Crippen molar-refractivity contribution in [1.82, 2.24) is 14.9 Å². The Bertz CT molecular complexity index is 722. The quantitative estimate of drug-likeness (QED) is 0.611. The highest BCUT2D eigenvalue weighted by Crippen LogP contribution is 2.21. The van der Waals surface area contributed by atoms with Crippen LogP contribution in [0.3, 0.4) is 0 Å². The van der Waals surface area contributed by atoms with Crippen LogP contribution in [0.1, 0.15) is 38.2 Å². The van der Waals surface area contributed by atoms with Crippen molar-refractivity contribution in [3.63, 3.8) is 0 Å². The molecule has 1 unspecified atom stereocenters. The Labute approximate surface area is 161 Å². The fraction of sp³-hybridized carbons (Fsp3) is 0.579. The zero-order valence-corrected chi connectivity index (χ0v) is 16.6. The number of hydrogen-bond donors (Lipinski definition) is 2. The van der Waals surface area contributed by atoms with Crippen LogP contribution in [0.15, 0.2) is 30.3 Å². The molecule has 150 valence electrons. The second kappa shape index (κ2) is 10.4. The van der Waals surface area contributed by atoms with E-state index < -0.39 is 16.1 Å². The van der Waals surface area contributed by atoms with Crippen LogP contribution >= 0.6 is 0 Å². The molecule has 0 radical (unpaired) electrons. The van der Waals surface area contributed by atoms with Gasteiger partial charge in [-0.2, -0.15) is 4.31 Å². The lowest BCUT2D eigenvalue weighted by Crippen LogP contribution is -2.53. The van der Waals surface area contributed by atoms with Gasteiger partial charge >= 0.3 is 0 Å². The largest absolute Gasteiger partial charge is 0.354 e. The molecule has 1 atom stereocenters. The van der Waals surface area contributed by atoms with Crippen molar-refractivity contribution >= 4 is 21.8 Å². The normalized spacial score (nSPS) is 18.0. The molecular weight excluding hydrogens is 366 g/mol. The van der Waals surface area contributed by atoms with Crippen molar-refractivity contribution in [2.75, 3.05) is 25.4 Å². The second-order valence-electron chi connectivity index (χ2n) is 6.74. The van der Waals surface area contributed by atoms with Gasteiger partial charge in [-0.1, -0.05) is 43.7 Å². The summed E-state index contributed by atoms with van der Waals surface area (Å²) in [4.78, 5) is 24.4. The molecule has 1 fully saturated rings. The van der Waals surface area contributed by atoms with E-state index in [4.69, 9.17) is 0 Å². The third-order valence-electron chi connectivity index (χ3n) is 4.53. The van der Waals surface area contributed by atoms with Gasteiger partial charge in [0.25, 0.3) is 0 Å². The molecule has 0 aromatic heterocycles. The van der Waals surface area contributed by atoms with E-state index >= 15 is 0 Å². The Morgan fingerprint density at radius 1 is 1.11 bits per heavy atom. The summed E-state index contributed by atoms with van der Waals surface area (Å²) in [6.07, 6.45) is 2.97. The molecule has 1 aromatic carbocycles. The van der Waals surface area contributed by atoms with Gasteiger partial charge in [-0.3, -0.25) is 9.59 Å². The predicted molar refractivity (Wildman–Crippen MR) is 105 cm³/mol. The lowest BCUT2D eigenvalue weighted by molar-refractivity contribution is -0.126. The van der Waals surface area contributed by atoms with E-state index in [-0.39, 0.29) is 24.1 Å². The van der Waals surface area contributed by atoms with E-state index in [1.807, 2.05) is 37.3 Å². The SMILES string of the molecule is CCCS(=O)(=O)N1CCCCC1C(=O)NCCNC(=O)Cc1ccccc1. The Kier molecular flexibility index (Phi) is 8.24. The molecule has 1 heterocycles. The first-order chi connectivity index (χ1) is 12.9. The number of nitrogens with one attached hydrogen (secondary N) is 2. The van der Waals surface area contributed by atoms with Crippen molar-refractivity contribution in [2.24, 2.45) is 0 Å². The van der Waals surface area contributed by atoms with Crippen molar-refractivity contribution < 1.29 is 18.0 Å². The third-order valence-corrected chi connectivity index (χ3v) is 6.61. The highest BCUT2D eigenvalue weighted by Gasteiger charge is 2.35. The molecule has 27 heavy (non-hydrogen) atoms.